The molecule has 4 saturated carbocycles. The number of ketones is 3. The van der Waals surface area contributed by atoms with Gasteiger partial charge >= 0.3 is 5.97 Å². The second kappa shape index (κ2) is 8.64. The van der Waals surface area contributed by atoms with Gasteiger partial charge in [-0.25, -0.2) is 0 Å². The van der Waals surface area contributed by atoms with E-state index in [1.807, 2.05) is 13.8 Å². The summed E-state index contributed by atoms with van der Waals surface area (Å²) in [5.74, 6) is -0.493. The Morgan fingerprint density at radius 2 is 1.80 bits per heavy atom. The van der Waals surface area contributed by atoms with Gasteiger partial charge in [0.1, 0.15) is 11.4 Å². The first-order valence-corrected chi connectivity index (χ1v) is 13.7. The first kappa shape index (κ1) is 24.9. The maximum absolute atomic E-state index is 13.7. The Bertz CT molecular complexity index is 976. The van der Waals surface area contributed by atoms with Gasteiger partial charge in [0.15, 0.2) is 12.4 Å². The maximum atomic E-state index is 13.7. The van der Waals surface area contributed by atoms with Gasteiger partial charge in [0.25, 0.3) is 0 Å². The van der Waals surface area contributed by atoms with Crippen LogP contribution in [0.25, 0.3) is 0 Å². The summed E-state index contributed by atoms with van der Waals surface area (Å²) in [6.45, 7) is 5.48. The quantitative estimate of drug-likeness (QED) is 0.582. The van der Waals surface area contributed by atoms with Crippen LogP contribution in [0.15, 0.2) is 11.6 Å². The molecule has 1 N–H and O–H groups in total. The zero-order chi connectivity index (χ0) is 25.2. The molecule has 4 fully saturated rings. The minimum atomic E-state index is -1.66. The minimum Gasteiger partial charge on any atom is -0.457 e. The van der Waals surface area contributed by atoms with Crippen LogP contribution in [0.4, 0.5) is 0 Å². The third-order valence-corrected chi connectivity index (χ3v) is 11.1. The number of esters is 1. The van der Waals surface area contributed by atoms with Crippen LogP contribution < -0.4 is 0 Å². The van der Waals surface area contributed by atoms with Gasteiger partial charge in [-0.3, -0.25) is 19.2 Å². The largest absolute Gasteiger partial charge is 0.457 e. The Morgan fingerprint density at radius 1 is 1.09 bits per heavy atom. The van der Waals surface area contributed by atoms with Gasteiger partial charge in [0.05, 0.1) is 5.92 Å². The van der Waals surface area contributed by atoms with Gasteiger partial charge in [-0.1, -0.05) is 39.2 Å². The SMILES string of the molecule is CC(C(=O)OCC(=O)[C@@]1(O)CC[C@H]2[C@@H]3CCC4=CC(=O)CC[C@]4(C)[C@H]3C(=O)C[C@@]21C)C1CCCC1. The van der Waals surface area contributed by atoms with E-state index in [1.54, 1.807) is 6.08 Å². The molecule has 1 unspecified atom stereocenters. The standard InChI is InChI=1S/C29H40O6/c1-17(18-6-4-5-7-18)26(33)35-16-24(32)29(34)13-11-22-21-9-8-19-14-20(30)10-12-27(19,2)25(21)23(31)15-28(22,29)3/h14,17-18,21-22,25,34H,4-13,15-16H2,1-3H3/t17?,21-,22-,25+,27-,28-,29-/m0/s1. The van der Waals surface area contributed by atoms with E-state index < -0.39 is 23.4 Å². The Labute approximate surface area is 208 Å². The topological polar surface area (TPSA) is 97.7 Å². The molecule has 0 aliphatic heterocycles. The third kappa shape index (κ3) is 3.69. The van der Waals surface area contributed by atoms with Gasteiger partial charge in [-0.15, -0.1) is 0 Å². The van der Waals surface area contributed by atoms with Crippen molar-refractivity contribution in [3.63, 3.8) is 0 Å². The summed E-state index contributed by atoms with van der Waals surface area (Å²) in [5.41, 5.74) is -1.70. The molecule has 192 valence electrons. The normalized spacial score (nSPS) is 42.1. The minimum absolute atomic E-state index is 0.0586. The molecule has 0 aromatic rings. The number of fused-ring (bicyclic) bond motifs is 5. The number of Topliss-reactive ketones (excluding diaryl/α,β-unsaturated/α-hetero) is 2. The van der Waals surface area contributed by atoms with Crippen LogP contribution in [0.2, 0.25) is 0 Å². The van der Waals surface area contributed by atoms with Crippen LogP contribution in [0.1, 0.15) is 91.4 Å². The molecule has 0 aromatic heterocycles. The zero-order valence-electron chi connectivity index (χ0n) is 21.4. The van der Waals surface area contributed by atoms with E-state index >= 15 is 0 Å². The molecule has 6 heteroatoms. The van der Waals surface area contributed by atoms with Crippen molar-refractivity contribution in [3.05, 3.63) is 11.6 Å². The summed E-state index contributed by atoms with van der Waals surface area (Å²) in [6, 6.07) is 0. The van der Waals surface area contributed by atoms with E-state index in [1.165, 1.54) is 0 Å². The van der Waals surface area contributed by atoms with Crippen molar-refractivity contribution in [2.45, 2.75) is 97.0 Å². The van der Waals surface area contributed by atoms with E-state index in [0.717, 1.165) is 44.1 Å². The fraction of sp³-hybridized carbons (Fsp3) is 0.793. The zero-order valence-corrected chi connectivity index (χ0v) is 21.4. The predicted molar refractivity (Wildman–Crippen MR) is 129 cm³/mol. The molecule has 35 heavy (non-hydrogen) atoms. The predicted octanol–water partition coefficient (Wildman–Crippen LogP) is 4.37. The number of carbonyl (C=O) groups is 4. The van der Waals surface area contributed by atoms with Crippen LogP contribution in [0, 0.1) is 40.4 Å². The lowest BCUT2D eigenvalue weighted by Crippen LogP contribution is -2.61. The average Bonchev–Trinajstić information content (AvgIpc) is 3.44. The molecule has 0 saturated heterocycles. The lowest BCUT2D eigenvalue weighted by Gasteiger charge is -2.57. The van der Waals surface area contributed by atoms with Gasteiger partial charge < -0.3 is 9.84 Å². The Hall–Kier alpha value is -1.82. The van der Waals surface area contributed by atoms with Crippen molar-refractivity contribution in [3.8, 4) is 0 Å². The highest BCUT2D eigenvalue weighted by Crippen LogP contribution is 2.66. The molecule has 0 spiro atoms. The van der Waals surface area contributed by atoms with E-state index in [0.29, 0.717) is 31.6 Å². The highest BCUT2D eigenvalue weighted by atomic mass is 16.5. The van der Waals surface area contributed by atoms with Crippen molar-refractivity contribution in [1.82, 2.24) is 0 Å². The van der Waals surface area contributed by atoms with E-state index in [-0.39, 0.29) is 53.0 Å². The van der Waals surface area contributed by atoms with Crippen LogP contribution in [0.3, 0.4) is 0 Å². The number of ether oxygens (including phenoxy) is 1. The maximum Gasteiger partial charge on any atom is 0.309 e. The molecule has 7 atom stereocenters. The van der Waals surface area contributed by atoms with Crippen molar-refractivity contribution < 1.29 is 29.0 Å². The number of rotatable bonds is 5. The average molecular weight is 485 g/mol. The fourth-order valence-electron chi connectivity index (χ4n) is 8.88. The van der Waals surface area contributed by atoms with Crippen molar-refractivity contribution in [2.75, 3.05) is 6.61 Å². The van der Waals surface area contributed by atoms with Gasteiger partial charge in [0.2, 0.25) is 5.78 Å². The van der Waals surface area contributed by atoms with Crippen molar-refractivity contribution in [2.24, 2.45) is 40.4 Å². The summed E-state index contributed by atoms with van der Waals surface area (Å²) in [4.78, 5) is 51.8. The number of hydrogen-bond donors (Lipinski definition) is 1. The molecule has 6 nitrogen and oxygen atoms in total. The van der Waals surface area contributed by atoms with E-state index in [9.17, 15) is 24.3 Å². The molecule has 0 radical (unpaired) electrons. The molecular weight excluding hydrogens is 444 g/mol. The number of carbonyl (C=O) groups excluding carboxylic acids is 4. The van der Waals surface area contributed by atoms with E-state index in [2.05, 4.69) is 6.92 Å². The Morgan fingerprint density at radius 3 is 2.51 bits per heavy atom. The molecule has 0 amide bonds. The summed E-state index contributed by atoms with van der Waals surface area (Å²) in [6.07, 6.45) is 10.00. The Balaban J connectivity index is 1.33. The summed E-state index contributed by atoms with van der Waals surface area (Å²) in [5, 5.41) is 11.8. The first-order valence-electron chi connectivity index (χ1n) is 13.7. The smallest absolute Gasteiger partial charge is 0.309 e. The second-order valence-electron chi connectivity index (χ2n) is 12.7. The van der Waals surface area contributed by atoms with Crippen LogP contribution in [0.5, 0.6) is 0 Å². The van der Waals surface area contributed by atoms with Crippen LogP contribution in [-0.2, 0) is 23.9 Å². The van der Waals surface area contributed by atoms with Gasteiger partial charge in [-0.05, 0) is 74.2 Å². The summed E-state index contributed by atoms with van der Waals surface area (Å²) >= 11 is 0. The molecular formula is C29H40O6. The molecule has 5 aliphatic rings. The highest BCUT2D eigenvalue weighted by molar-refractivity contribution is 5.95. The number of aliphatic hydroxyl groups is 1. The monoisotopic (exact) mass is 484 g/mol. The van der Waals surface area contributed by atoms with Gasteiger partial charge in [-0.2, -0.15) is 0 Å². The Kier molecular flexibility index (Phi) is 6.13. The third-order valence-electron chi connectivity index (χ3n) is 11.1. The van der Waals surface area contributed by atoms with Gasteiger partial charge in [0, 0.05) is 24.2 Å². The summed E-state index contributed by atoms with van der Waals surface area (Å²) in [7, 11) is 0. The van der Waals surface area contributed by atoms with Crippen molar-refractivity contribution >= 4 is 23.3 Å². The molecule has 5 rings (SSSR count). The molecule has 0 bridgehead atoms. The van der Waals surface area contributed by atoms with Crippen LogP contribution in [-0.4, -0.2) is 40.6 Å². The first-order chi connectivity index (χ1) is 16.5. The van der Waals surface area contributed by atoms with Crippen molar-refractivity contribution in [1.29, 1.82) is 0 Å². The molecule has 0 heterocycles. The highest BCUT2D eigenvalue weighted by Gasteiger charge is 2.68. The number of allylic oxidation sites excluding steroid dienone is 1. The lowest BCUT2D eigenvalue weighted by molar-refractivity contribution is -0.174. The lowest BCUT2D eigenvalue weighted by atomic mass is 9.46. The number of hydrogen-bond acceptors (Lipinski definition) is 6. The molecule has 5 aliphatic carbocycles. The second-order valence-corrected chi connectivity index (χ2v) is 12.7. The molecule has 0 aromatic carbocycles. The fourth-order valence-corrected chi connectivity index (χ4v) is 8.88. The van der Waals surface area contributed by atoms with Crippen LogP contribution >= 0.6 is 0 Å². The summed E-state index contributed by atoms with van der Waals surface area (Å²) < 4.78 is 5.44. The van der Waals surface area contributed by atoms with E-state index in [4.69, 9.17) is 4.74 Å².